The van der Waals surface area contributed by atoms with E-state index in [9.17, 15) is 4.79 Å². The number of aliphatic hydroxyl groups excluding tert-OH is 1. The summed E-state index contributed by atoms with van der Waals surface area (Å²) >= 11 is 0. The Morgan fingerprint density at radius 2 is 2.00 bits per heavy atom. The lowest BCUT2D eigenvalue weighted by atomic mass is 10.1. The van der Waals surface area contributed by atoms with Gasteiger partial charge in [-0.15, -0.1) is 0 Å². The van der Waals surface area contributed by atoms with Crippen LogP contribution in [-0.2, 0) is 4.79 Å². The highest BCUT2D eigenvalue weighted by molar-refractivity contribution is 5.81. The van der Waals surface area contributed by atoms with Gasteiger partial charge in [-0.25, -0.2) is 0 Å². The molecule has 0 radical (unpaired) electrons. The zero-order chi connectivity index (χ0) is 11.0. The Kier molecular flexibility index (Phi) is 7.42. The monoisotopic (exact) mass is 202 g/mol. The minimum Gasteiger partial charge on any atom is -0.395 e. The summed E-state index contributed by atoms with van der Waals surface area (Å²) in [5.41, 5.74) is 5.72. The molecule has 1 amide bonds. The van der Waals surface area contributed by atoms with Gasteiger partial charge in [-0.2, -0.15) is 0 Å². The highest BCUT2D eigenvalue weighted by Gasteiger charge is 2.18. The zero-order valence-electron chi connectivity index (χ0n) is 9.20. The Balaban J connectivity index is 4.11. The van der Waals surface area contributed by atoms with Crippen molar-refractivity contribution in [3.05, 3.63) is 0 Å². The van der Waals surface area contributed by atoms with E-state index in [0.29, 0.717) is 19.5 Å². The van der Waals surface area contributed by atoms with Crippen LogP contribution in [0.3, 0.4) is 0 Å². The van der Waals surface area contributed by atoms with E-state index >= 15 is 0 Å². The van der Waals surface area contributed by atoms with Gasteiger partial charge in [0, 0.05) is 13.1 Å². The first-order valence-electron chi connectivity index (χ1n) is 5.32. The summed E-state index contributed by atoms with van der Waals surface area (Å²) < 4.78 is 0. The molecular formula is C10H22N2O2. The van der Waals surface area contributed by atoms with Crippen molar-refractivity contribution >= 4 is 5.91 Å². The van der Waals surface area contributed by atoms with Crippen LogP contribution in [0.5, 0.6) is 0 Å². The third kappa shape index (κ3) is 4.58. The van der Waals surface area contributed by atoms with Crippen LogP contribution in [0.15, 0.2) is 0 Å². The van der Waals surface area contributed by atoms with Crippen LogP contribution in [0.2, 0.25) is 0 Å². The van der Waals surface area contributed by atoms with Crippen LogP contribution in [0.1, 0.15) is 33.1 Å². The molecule has 3 N–H and O–H groups in total. The van der Waals surface area contributed by atoms with E-state index in [1.165, 1.54) is 0 Å². The number of nitrogens with two attached hydrogens (primary N) is 1. The molecular weight excluding hydrogens is 180 g/mol. The number of carbonyl (C=O) groups excluding carboxylic acids is 1. The highest BCUT2D eigenvalue weighted by Crippen LogP contribution is 2.00. The van der Waals surface area contributed by atoms with Gasteiger partial charge in [0.05, 0.1) is 12.6 Å². The smallest absolute Gasteiger partial charge is 0.239 e. The number of hydrogen-bond acceptors (Lipinski definition) is 3. The van der Waals surface area contributed by atoms with Crippen LogP contribution in [-0.4, -0.2) is 41.7 Å². The van der Waals surface area contributed by atoms with Gasteiger partial charge >= 0.3 is 0 Å². The van der Waals surface area contributed by atoms with Gasteiger partial charge in [0.1, 0.15) is 0 Å². The maximum Gasteiger partial charge on any atom is 0.239 e. The number of aliphatic hydroxyl groups is 1. The summed E-state index contributed by atoms with van der Waals surface area (Å²) in [5, 5.41) is 8.79. The molecule has 0 unspecified atom stereocenters. The predicted octanol–water partition coefficient (Wildman–Crippen LogP) is 0.345. The third-order valence-electron chi connectivity index (χ3n) is 2.09. The van der Waals surface area contributed by atoms with E-state index in [4.69, 9.17) is 10.8 Å². The van der Waals surface area contributed by atoms with Crippen molar-refractivity contribution in [2.75, 3.05) is 19.7 Å². The summed E-state index contributed by atoms with van der Waals surface area (Å²) in [6.07, 6.45) is 2.51. The molecule has 0 aromatic carbocycles. The molecule has 0 aliphatic heterocycles. The van der Waals surface area contributed by atoms with Gasteiger partial charge < -0.3 is 15.7 Å². The molecule has 0 saturated heterocycles. The second-order valence-corrected chi connectivity index (χ2v) is 3.44. The van der Waals surface area contributed by atoms with E-state index in [0.717, 1.165) is 12.8 Å². The van der Waals surface area contributed by atoms with Crippen molar-refractivity contribution in [2.24, 2.45) is 5.73 Å². The first-order valence-corrected chi connectivity index (χ1v) is 5.32. The number of amides is 1. The lowest BCUT2D eigenvalue weighted by Gasteiger charge is -2.24. The second kappa shape index (κ2) is 7.76. The van der Waals surface area contributed by atoms with Gasteiger partial charge in [-0.05, 0) is 12.8 Å². The van der Waals surface area contributed by atoms with Crippen molar-refractivity contribution in [3.8, 4) is 0 Å². The van der Waals surface area contributed by atoms with Crippen LogP contribution in [0, 0.1) is 0 Å². The SMILES string of the molecule is CCC[C@@H](N)C(=O)N(CCC)CCO. The van der Waals surface area contributed by atoms with E-state index in [1.54, 1.807) is 4.90 Å². The maximum absolute atomic E-state index is 11.7. The van der Waals surface area contributed by atoms with Crippen LogP contribution >= 0.6 is 0 Å². The predicted molar refractivity (Wildman–Crippen MR) is 56.8 cm³/mol. The fourth-order valence-corrected chi connectivity index (χ4v) is 1.39. The Hall–Kier alpha value is -0.610. The van der Waals surface area contributed by atoms with Crippen molar-refractivity contribution in [3.63, 3.8) is 0 Å². The Labute approximate surface area is 86.1 Å². The van der Waals surface area contributed by atoms with E-state index in [-0.39, 0.29) is 12.5 Å². The Morgan fingerprint density at radius 3 is 2.43 bits per heavy atom. The number of nitrogens with zero attached hydrogens (tertiary/aromatic N) is 1. The molecule has 1 atom stereocenters. The molecule has 0 aliphatic rings. The van der Waals surface area contributed by atoms with E-state index in [1.807, 2.05) is 13.8 Å². The number of hydrogen-bond donors (Lipinski definition) is 2. The standard InChI is InChI=1S/C10H22N2O2/c1-3-5-9(11)10(14)12(6-4-2)7-8-13/h9,13H,3-8,11H2,1-2H3/t9-/m1/s1. The molecule has 0 saturated carbocycles. The Morgan fingerprint density at radius 1 is 1.36 bits per heavy atom. The minimum absolute atomic E-state index is 0.00455. The molecule has 4 nitrogen and oxygen atoms in total. The lowest BCUT2D eigenvalue weighted by molar-refractivity contribution is -0.133. The normalized spacial score (nSPS) is 12.6. The summed E-state index contributed by atoms with van der Waals surface area (Å²) in [6, 6.07) is -0.405. The van der Waals surface area contributed by atoms with Gasteiger partial charge in [0.15, 0.2) is 0 Å². The average Bonchev–Trinajstić information content (AvgIpc) is 2.17. The molecule has 0 bridgehead atoms. The molecule has 0 spiro atoms. The maximum atomic E-state index is 11.7. The van der Waals surface area contributed by atoms with Gasteiger partial charge in [-0.3, -0.25) is 4.79 Å². The molecule has 0 aliphatic carbocycles. The molecule has 84 valence electrons. The molecule has 0 aromatic rings. The summed E-state index contributed by atoms with van der Waals surface area (Å²) in [5.74, 6) is -0.0391. The van der Waals surface area contributed by atoms with Crippen molar-refractivity contribution < 1.29 is 9.90 Å². The third-order valence-corrected chi connectivity index (χ3v) is 2.09. The van der Waals surface area contributed by atoms with Crippen molar-refractivity contribution in [2.45, 2.75) is 39.2 Å². The topological polar surface area (TPSA) is 66.6 Å². The average molecular weight is 202 g/mol. The molecule has 14 heavy (non-hydrogen) atoms. The van der Waals surface area contributed by atoms with Crippen LogP contribution in [0.25, 0.3) is 0 Å². The van der Waals surface area contributed by atoms with Crippen LogP contribution in [0.4, 0.5) is 0 Å². The van der Waals surface area contributed by atoms with Gasteiger partial charge in [0.25, 0.3) is 0 Å². The van der Waals surface area contributed by atoms with E-state index in [2.05, 4.69) is 0 Å². The summed E-state index contributed by atoms with van der Waals surface area (Å²) in [4.78, 5) is 13.3. The number of carbonyl (C=O) groups is 1. The molecule has 0 heterocycles. The van der Waals surface area contributed by atoms with E-state index < -0.39 is 6.04 Å². The van der Waals surface area contributed by atoms with Gasteiger partial charge in [-0.1, -0.05) is 20.3 Å². The lowest BCUT2D eigenvalue weighted by Crippen LogP contribution is -2.45. The largest absolute Gasteiger partial charge is 0.395 e. The molecule has 0 fully saturated rings. The first-order chi connectivity index (χ1) is 6.67. The fourth-order valence-electron chi connectivity index (χ4n) is 1.39. The van der Waals surface area contributed by atoms with Gasteiger partial charge in [0.2, 0.25) is 5.91 Å². The molecule has 0 rings (SSSR count). The molecule has 4 heteroatoms. The first kappa shape index (κ1) is 13.4. The van der Waals surface area contributed by atoms with Crippen molar-refractivity contribution in [1.29, 1.82) is 0 Å². The van der Waals surface area contributed by atoms with Crippen molar-refractivity contribution in [1.82, 2.24) is 4.90 Å². The summed E-state index contributed by atoms with van der Waals surface area (Å²) in [7, 11) is 0. The second-order valence-electron chi connectivity index (χ2n) is 3.44. The zero-order valence-corrected chi connectivity index (χ0v) is 9.20. The fraction of sp³-hybridized carbons (Fsp3) is 0.900. The minimum atomic E-state index is -0.405. The summed E-state index contributed by atoms with van der Waals surface area (Å²) in [6.45, 7) is 5.08. The molecule has 0 aromatic heterocycles. The highest BCUT2D eigenvalue weighted by atomic mass is 16.3. The quantitative estimate of drug-likeness (QED) is 0.626. The number of rotatable bonds is 7. The van der Waals surface area contributed by atoms with Crippen LogP contribution < -0.4 is 5.73 Å². The Bertz CT molecular complexity index is 156.